The molecule has 0 radical (unpaired) electrons. The topological polar surface area (TPSA) is 54.1 Å². The number of halogens is 2. The normalized spacial score (nSPS) is 22.6. The molecule has 4 heterocycles. The summed E-state index contributed by atoms with van der Waals surface area (Å²) in [5.41, 5.74) is 2.34. The lowest BCUT2D eigenvalue weighted by Gasteiger charge is -2.24. The third-order valence-electron chi connectivity index (χ3n) is 5.15. The first-order valence-electron chi connectivity index (χ1n) is 10.3. The summed E-state index contributed by atoms with van der Waals surface area (Å²) >= 11 is 7.01. The number of nitrogens with zero attached hydrogens (tertiary/aromatic N) is 4. The minimum Gasteiger partial charge on any atom is -0.357 e. The molecule has 2 aromatic rings. The molecule has 0 amide bonds. The van der Waals surface area contributed by atoms with Crippen LogP contribution in [0.3, 0.4) is 0 Å². The van der Waals surface area contributed by atoms with E-state index >= 15 is 0 Å². The van der Waals surface area contributed by atoms with E-state index in [9.17, 15) is 0 Å². The first-order chi connectivity index (χ1) is 13.6. The van der Waals surface area contributed by atoms with E-state index in [0.29, 0.717) is 0 Å². The van der Waals surface area contributed by atoms with Crippen molar-refractivity contribution in [2.24, 2.45) is 0 Å². The molecule has 6 nitrogen and oxygen atoms in total. The lowest BCUT2D eigenvalue weighted by Crippen LogP contribution is -2.20. The van der Waals surface area contributed by atoms with Crippen LogP contribution in [-0.4, -0.2) is 32.8 Å². The van der Waals surface area contributed by atoms with Crippen LogP contribution in [0, 0.1) is 0 Å². The van der Waals surface area contributed by atoms with Crippen molar-refractivity contribution in [1.29, 1.82) is 0 Å². The van der Waals surface area contributed by atoms with Crippen LogP contribution in [-0.2, 0) is 22.3 Å². The molecule has 2 atom stereocenters. The maximum atomic E-state index is 5.70. The standard InChI is InChI=1S/2C10H15BrN2O/c1-2-9-8(11)7-13(12-9)10-5-3-4-6-14-10;1-2-9-8(11)7-12-13(9)10-5-3-4-6-14-10/h2*7,10H,2-6H2,1H3. The number of aryl methyl sites for hydroxylation is 1. The van der Waals surface area contributed by atoms with E-state index in [2.05, 4.69) is 55.9 Å². The van der Waals surface area contributed by atoms with Crippen LogP contribution in [0.2, 0.25) is 0 Å². The number of hydrogen-bond acceptors (Lipinski definition) is 4. The summed E-state index contributed by atoms with van der Waals surface area (Å²) in [5, 5.41) is 8.85. The molecule has 28 heavy (non-hydrogen) atoms. The zero-order valence-electron chi connectivity index (χ0n) is 16.7. The molecular weight excluding hydrogens is 488 g/mol. The number of ether oxygens (including phenoxy) is 2. The Bertz CT molecular complexity index is 735. The summed E-state index contributed by atoms with van der Waals surface area (Å²) in [4.78, 5) is 0. The SMILES string of the molecule is CCc1c(Br)cnn1C1CCCCO1.CCc1nn(C2CCCCO2)cc1Br. The van der Waals surface area contributed by atoms with Gasteiger partial charge in [0, 0.05) is 19.4 Å². The van der Waals surface area contributed by atoms with Gasteiger partial charge in [0.05, 0.1) is 26.5 Å². The maximum absolute atomic E-state index is 5.70. The van der Waals surface area contributed by atoms with E-state index in [-0.39, 0.29) is 12.5 Å². The molecule has 2 aliphatic rings. The number of rotatable bonds is 4. The third-order valence-corrected chi connectivity index (χ3v) is 6.48. The maximum Gasteiger partial charge on any atom is 0.150 e. The summed E-state index contributed by atoms with van der Waals surface area (Å²) in [6.45, 7) is 5.98. The molecular formula is C20H30Br2N4O2. The Morgan fingerprint density at radius 3 is 2.18 bits per heavy atom. The monoisotopic (exact) mass is 516 g/mol. The summed E-state index contributed by atoms with van der Waals surface area (Å²) in [6, 6.07) is 0. The third kappa shape index (κ3) is 5.46. The fourth-order valence-electron chi connectivity index (χ4n) is 3.59. The van der Waals surface area contributed by atoms with E-state index in [1.165, 1.54) is 31.4 Å². The Morgan fingerprint density at radius 2 is 1.64 bits per heavy atom. The molecule has 156 valence electrons. The fraction of sp³-hybridized carbons (Fsp3) is 0.700. The van der Waals surface area contributed by atoms with E-state index in [0.717, 1.165) is 53.5 Å². The minimum atomic E-state index is 0.153. The lowest BCUT2D eigenvalue weighted by molar-refractivity contribution is -0.0410. The van der Waals surface area contributed by atoms with Crippen molar-refractivity contribution < 1.29 is 9.47 Å². The van der Waals surface area contributed by atoms with Gasteiger partial charge in [-0.05, 0) is 83.2 Å². The van der Waals surface area contributed by atoms with Crippen LogP contribution in [0.15, 0.2) is 21.3 Å². The summed E-state index contributed by atoms with van der Waals surface area (Å²) in [5.74, 6) is 0. The molecule has 2 unspecified atom stereocenters. The van der Waals surface area contributed by atoms with Gasteiger partial charge in [0.2, 0.25) is 0 Å². The molecule has 0 N–H and O–H groups in total. The molecule has 0 saturated carbocycles. The van der Waals surface area contributed by atoms with Crippen LogP contribution in [0.25, 0.3) is 0 Å². The van der Waals surface area contributed by atoms with Crippen molar-refractivity contribution in [1.82, 2.24) is 19.6 Å². The van der Waals surface area contributed by atoms with Gasteiger partial charge in [0.25, 0.3) is 0 Å². The van der Waals surface area contributed by atoms with E-state index in [1.807, 2.05) is 21.8 Å². The largest absolute Gasteiger partial charge is 0.357 e. The van der Waals surface area contributed by atoms with Gasteiger partial charge < -0.3 is 9.47 Å². The Hall–Kier alpha value is -0.700. The molecule has 0 aliphatic carbocycles. The van der Waals surface area contributed by atoms with Gasteiger partial charge in [-0.1, -0.05) is 13.8 Å². The van der Waals surface area contributed by atoms with Crippen molar-refractivity contribution in [2.75, 3.05) is 13.2 Å². The number of aromatic nitrogens is 4. The fourth-order valence-corrected chi connectivity index (χ4v) is 4.71. The Balaban J connectivity index is 0.000000161. The van der Waals surface area contributed by atoms with Crippen molar-refractivity contribution >= 4 is 31.9 Å². The highest BCUT2D eigenvalue weighted by atomic mass is 79.9. The Kier molecular flexibility index (Phi) is 8.56. The first kappa shape index (κ1) is 22.0. The predicted octanol–water partition coefficient (Wildman–Crippen LogP) is 5.81. The van der Waals surface area contributed by atoms with Crippen LogP contribution in [0.4, 0.5) is 0 Å². The van der Waals surface area contributed by atoms with Gasteiger partial charge in [-0.2, -0.15) is 10.2 Å². The van der Waals surface area contributed by atoms with Gasteiger partial charge in [-0.3, -0.25) is 0 Å². The average molecular weight is 518 g/mol. The van der Waals surface area contributed by atoms with E-state index < -0.39 is 0 Å². The van der Waals surface area contributed by atoms with Gasteiger partial charge in [-0.15, -0.1) is 0 Å². The molecule has 2 fully saturated rings. The molecule has 2 aromatic heterocycles. The second-order valence-corrected chi connectivity index (χ2v) is 8.85. The van der Waals surface area contributed by atoms with Crippen molar-refractivity contribution in [2.45, 2.75) is 77.7 Å². The minimum absolute atomic E-state index is 0.153. The summed E-state index contributed by atoms with van der Waals surface area (Å²) in [6.07, 6.45) is 13.1. The predicted molar refractivity (Wildman–Crippen MR) is 116 cm³/mol. The second-order valence-electron chi connectivity index (χ2n) is 7.14. The molecule has 2 aliphatic heterocycles. The van der Waals surface area contributed by atoms with Crippen LogP contribution >= 0.6 is 31.9 Å². The number of hydrogen-bond donors (Lipinski definition) is 0. The van der Waals surface area contributed by atoms with Gasteiger partial charge in [0.1, 0.15) is 12.5 Å². The summed E-state index contributed by atoms with van der Waals surface area (Å²) in [7, 11) is 0. The van der Waals surface area contributed by atoms with Crippen LogP contribution in [0.1, 0.15) is 76.2 Å². The highest BCUT2D eigenvalue weighted by Crippen LogP contribution is 2.27. The molecule has 0 spiro atoms. The zero-order chi connectivity index (χ0) is 19.9. The molecule has 0 bridgehead atoms. The van der Waals surface area contributed by atoms with Crippen molar-refractivity contribution in [3.8, 4) is 0 Å². The average Bonchev–Trinajstić information content (AvgIpc) is 3.31. The van der Waals surface area contributed by atoms with Gasteiger partial charge in [-0.25, -0.2) is 9.36 Å². The Morgan fingerprint density at radius 1 is 0.964 bits per heavy atom. The second kappa shape index (κ2) is 10.9. The van der Waals surface area contributed by atoms with Gasteiger partial charge >= 0.3 is 0 Å². The first-order valence-corrected chi connectivity index (χ1v) is 11.9. The highest BCUT2D eigenvalue weighted by Gasteiger charge is 2.20. The molecule has 8 heteroatoms. The molecule has 2 saturated heterocycles. The van der Waals surface area contributed by atoms with Crippen LogP contribution in [0.5, 0.6) is 0 Å². The van der Waals surface area contributed by atoms with E-state index in [4.69, 9.17) is 9.47 Å². The Labute approximate surface area is 184 Å². The quantitative estimate of drug-likeness (QED) is 0.513. The van der Waals surface area contributed by atoms with Crippen molar-refractivity contribution in [3.05, 3.63) is 32.7 Å². The van der Waals surface area contributed by atoms with Crippen molar-refractivity contribution in [3.63, 3.8) is 0 Å². The molecule has 4 rings (SSSR count). The highest BCUT2D eigenvalue weighted by molar-refractivity contribution is 9.10. The molecule has 0 aromatic carbocycles. The van der Waals surface area contributed by atoms with Gasteiger partial charge in [0.15, 0.2) is 0 Å². The zero-order valence-corrected chi connectivity index (χ0v) is 19.9. The smallest absolute Gasteiger partial charge is 0.150 e. The van der Waals surface area contributed by atoms with E-state index in [1.54, 1.807) is 0 Å². The summed E-state index contributed by atoms with van der Waals surface area (Å²) < 4.78 is 17.5. The lowest BCUT2D eigenvalue weighted by atomic mass is 10.2. The van der Waals surface area contributed by atoms with Crippen LogP contribution < -0.4 is 0 Å².